The standard InChI is InChI=1S/C18H18ClFN2O3/c1-10(23)9-22-18(25)16(17(21)24)12-4-2-11(3-5-12)13-6-7-15(20)14(19)8-13/h2-8,10,16,23H,9H2,1H3,(H2,21,24)(H,22,25). The van der Waals surface area contributed by atoms with E-state index in [9.17, 15) is 19.1 Å². The molecule has 2 amide bonds. The topological polar surface area (TPSA) is 92.4 Å². The van der Waals surface area contributed by atoms with Gasteiger partial charge in [0.1, 0.15) is 11.7 Å². The number of rotatable bonds is 6. The molecule has 0 bridgehead atoms. The summed E-state index contributed by atoms with van der Waals surface area (Å²) < 4.78 is 13.2. The van der Waals surface area contributed by atoms with Crippen LogP contribution in [-0.2, 0) is 9.59 Å². The molecule has 2 aromatic rings. The summed E-state index contributed by atoms with van der Waals surface area (Å²) in [4.78, 5) is 23.8. The lowest BCUT2D eigenvalue weighted by Crippen LogP contribution is -2.39. The Labute approximate surface area is 149 Å². The van der Waals surface area contributed by atoms with Crippen molar-refractivity contribution in [1.29, 1.82) is 0 Å². The Morgan fingerprint density at radius 2 is 1.80 bits per heavy atom. The molecule has 0 radical (unpaired) electrons. The third kappa shape index (κ3) is 4.78. The minimum absolute atomic E-state index is 0.00842. The molecule has 0 saturated carbocycles. The molecule has 2 rings (SSSR count). The molecule has 25 heavy (non-hydrogen) atoms. The molecule has 0 heterocycles. The summed E-state index contributed by atoms with van der Waals surface area (Å²) in [5.74, 6) is -3.04. The predicted octanol–water partition coefficient (Wildman–Crippen LogP) is 2.21. The normalized spacial score (nSPS) is 13.1. The number of carbonyl (C=O) groups excluding carboxylic acids is 2. The van der Waals surface area contributed by atoms with Crippen molar-refractivity contribution >= 4 is 23.4 Å². The Morgan fingerprint density at radius 3 is 2.32 bits per heavy atom. The maximum atomic E-state index is 13.2. The molecule has 0 saturated heterocycles. The fourth-order valence-corrected chi connectivity index (χ4v) is 2.52. The average Bonchev–Trinajstić information content (AvgIpc) is 2.56. The first-order valence-electron chi connectivity index (χ1n) is 7.60. The first kappa shape index (κ1) is 18.9. The Hall–Kier alpha value is -2.44. The van der Waals surface area contributed by atoms with Crippen LogP contribution >= 0.6 is 11.6 Å². The van der Waals surface area contributed by atoms with Crippen LogP contribution < -0.4 is 11.1 Å². The van der Waals surface area contributed by atoms with Crippen molar-refractivity contribution in [1.82, 2.24) is 5.32 Å². The molecule has 0 aliphatic carbocycles. The summed E-state index contributed by atoms with van der Waals surface area (Å²) in [7, 11) is 0. The monoisotopic (exact) mass is 364 g/mol. The van der Waals surface area contributed by atoms with Gasteiger partial charge in [0.2, 0.25) is 11.8 Å². The molecule has 5 nitrogen and oxygen atoms in total. The number of primary amides is 1. The molecular formula is C18H18ClFN2O3. The number of halogens is 2. The molecule has 0 aliphatic rings. The van der Waals surface area contributed by atoms with Gasteiger partial charge in [-0.25, -0.2) is 4.39 Å². The van der Waals surface area contributed by atoms with Crippen molar-refractivity contribution in [2.45, 2.75) is 18.9 Å². The van der Waals surface area contributed by atoms with Gasteiger partial charge in [-0.15, -0.1) is 0 Å². The number of hydrogen-bond acceptors (Lipinski definition) is 3. The molecule has 0 fully saturated rings. The Morgan fingerprint density at radius 1 is 1.20 bits per heavy atom. The van der Waals surface area contributed by atoms with Gasteiger partial charge in [0, 0.05) is 6.54 Å². The van der Waals surface area contributed by atoms with Gasteiger partial charge in [0.15, 0.2) is 0 Å². The summed E-state index contributed by atoms with van der Waals surface area (Å²) in [5.41, 5.74) is 7.21. The highest BCUT2D eigenvalue weighted by Gasteiger charge is 2.26. The fourth-order valence-electron chi connectivity index (χ4n) is 2.34. The number of aliphatic hydroxyl groups excluding tert-OH is 1. The summed E-state index contributed by atoms with van der Waals surface area (Å²) in [6.45, 7) is 1.54. The molecule has 132 valence electrons. The van der Waals surface area contributed by atoms with Gasteiger partial charge < -0.3 is 16.2 Å². The van der Waals surface area contributed by atoms with E-state index in [0.29, 0.717) is 11.1 Å². The van der Waals surface area contributed by atoms with Crippen molar-refractivity contribution in [2.24, 2.45) is 5.73 Å². The van der Waals surface area contributed by atoms with Gasteiger partial charge in [-0.2, -0.15) is 0 Å². The fraction of sp³-hybridized carbons (Fsp3) is 0.222. The Balaban J connectivity index is 2.24. The Bertz CT molecular complexity index is 778. The maximum absolute atomic E-state index is 13.2. The third-order valence-corrected chi connectivity index (χ3v) is 3.91. The molecule has 2 unspecified atom stereocenters. The highest BCUT2D eigenvalue weighted by atomic mass is 35.5. The van der Waals surface area contributed by atoms with Gasteiger partial charge in [0.25, 0.3) is 0 Å². The van der Waals surface area contributed by atoms with Crippen LogP contribution in [0.4, 0.5) is 4.39 Å². The van der Waals surface area contributed by atoms with Crippen molar-refractivity contribution in [3.05, 3.63) is 58.9 Å². The highest BCUT2D eigenvalue weighted by molar-refractivity contribution is 6.31. The lowest BCUT2D eigenvalue weighted by Gasteiger charge is -2.15. The van der Waals surface area contributed by atoms with Crippen LogP contribution in [0, 0.1) is 5.82 Å². The lowest BCUT2D eigenvalue weighted by molar-refractivity contribution is -0.130. The number of carbonyl (C=O) groups is 2. The van der Waals surface area contributed by atoms with Gasteiger partial charge in [-0.05, 0) is 35.7 Å². The number of nitrogens with one attached hydrogen (secondary N) is 1. The van der Waals surface area contributed by atoms with Crippen LogP contribution in [0.3, 0.4) is 0 Å². The molecule has 4 N–H and O–H groups in total. The van der Waals surface area contributed by atoms with E-state index < -0.39 is 29.7 Å². The van der Waals surface area contributed by atoms with Crippen LogP contribution in [-0.4, -0.2) is 29.6 Å². The summed E-state index contributed by atoms with van der Waals surface area (Å²) in [6, 6.07) is 10.9. The van der Waals surface area contributed by atoms with Crippen LogP contribution in [0.2, 0.25) is 5.02 Å². The van der Waals surface area contributed by atoms with Crippen LogP contribution in [0.1, 0.15) is 18.4 Å². The van der Waals surface area contributed by atoms with Gasteiger partial charge in [0.05, 0.1) is 11.1 Å². The van der Waals surface area contributed by atoms with E-state index in [0.717, 1.165) is 5.56 Å². The van der Waals surface area contributed by atoms with E-state index in [1.54, 1.807) is 30.3 Å². The Kier molecular flexibility index (Phi) is 6.12. The predicted molar refractivity (Wildman–Crippen MR) is 93.5 cm³/mol. The minimum atomic E-state index is -1.16. The zero-order valence-electron chi connectivity index (χ0n) is 13.5. The van der Waals surface area contributed by atoms with Gasteiger partial charge in [-0.3, -0.25) is 9.59 Å². The second-order valence-corrected chi connectivity index (χ2v) is 6.09. The molecule has 2 aromatic carbocycles. The highest BCUT2D eigenvalue weighted by Crippen LogP contribution is 2.26. The van der Waals surface area contributed by atoms with Crippen molar-refractivity contribution in [3.8, 4) is 11.1 Å². The third-order valence-electron chi connectivity index (χ3n) is 3.62. The molecule has 0 aromatic heterocycles. The van der Waals surface area contributed by atoms with Crippen LogP contribution in [0.15, 0.2) is 42.5 Å². The van der Waals surface area contributed by atoms with E-state index in [2.05, 4.69) is 5.32 Å². The number of amides is 2. The van der Waals surface area contributed by atoms with Crippen molar-refractivity contribution in [2.75, 3.05) is 6.54 Å². The molecule has 2 atom stereocenters. The smallest absolute Gasteiger partial charge is 0.237 e. The van der Waals surface area contributed by atoms with E-state index in [4.69, 9.17) is 17.3 Å². The van der Waals surface area contributed by atoms with E-state index in [1.165, 1.54) is 19.1 Å². The second kappa shape index (κ2) is 8.09. The number of hydrogen-bond donors (Lipinski definition) is 3. The van der Waals surface area contributed by atoms with Gasteiger partial charge >= 0.3 is 0 Å². The average molecular weight is 365 g/mol. The van der Waals surface area contributed by atoms with E-state index in [-0.39, 0.29) is 11.6 Å². The zero-order chi connectivity index (χ0) is 18.6. The maximum Gasteiger partial charge on any atom is 0.237 e. The summed E-state index contributed by atoms with van der Waals surface area (Å²) in [6.07, 6.45) is -0.733. The number of benzene rings is 2. The van der Waals surface area contributed by atoms with E-state index >= 15 is 0 Å². The SMILES string of the molecule is CC(O)CNC(=O)C(C(N)=O)c1ccc(-c2ccc(F)c(Cl)c2)cc1. The largest absolute Gasteiger partial charge is 0.392 e. The van der Waals surface area contributed by atoms with Crippen LogP contribution in [0.25, 0.3) is 11.1 Å². The zero-order valence-corrected chi connectivity index (χ0v) is 14.3. The van der Waals surface area contributed by atoms with E-state index in [1.807, 2.05) is 0 Å². The van der Waals surface area contributed by atoms with Crippen molar-refractivity contribution < 1.29 is 19.1 Å². The quantitative estimate of drug-likeness (QED) is 0.686. The molecule has 0 spiro atoms. The molecular weight excluding hydrogens is 347 g/mol. The summed E-state index contributed by atoms with van der Waals surface area (Å²) >= 11 is 5.78. The van der Waals surface area contributed by atoms with Crippen LogP contribution in [0.5, 0.6) is 0 Å². The molecule has 7 heteroatoms. The summed E-state index contributed by atoms with van der Waals surface area (Å²) in [5, 5.41) is 11.7. The number of nitrogens with two attached hydrogens (primary N) is 1. The first-order valence-corrected chi connectivity index (χ1v) is 7.98. The second-order valence-electron chi connectivity index (χ2n) is 5.68. The number of aliphatic hydroxyl groups is 1. The molecule has 0 aliphatic heterocycles. The first-order chi connectivity index (χ1) is 11.8. The van der Waals surface area contributed by atoms with Gasteiger partial charge in [-0.1, -0.05) is 41.9 Å². The van der Waals surface area contributed by atoms with Crippen molar-refractivity contribution in [3.63, 3.8) is 0 Å². The lowest BCUT2D eigenvalue weighted by atomic mass is 9.95. The minimum Gasteiger partial charge on any atom is -0.392 e.